The lowest BCUT2D eigenvalue weighted by Gasteiger charge is -2.35. The minimum atomic E-state index is -0.901. The fraction of sp³-hybridized carbons (Fsp3) is 0.526. The summed E-state index contributed by atoms with van der Waals surface area (Å²) < 4.78 is 6.94. The molecule has 1 saturated heterocycles. The molecule has 6 nitrogen and oxygen atoms in total. The number of aromatic nitrogens is 2. The second kappa shape index (κ2) is 7.45. The second-order valence-electron chi connectivity index (χ2n) is 7.02. The highest BCUT2D eigenvalue weighted by atomic mass is 16.5. The number of benzene rings is 1. The summed E-state index contributed by atoms with van der Waals surface area (Å²) in [4.78, 5) is 2.40. The normalized spacial score (nSPS) is 18.2. The van der Waals surface area contributed by atoms with Crippen LogP contribution in [0.1, 0.15) is 25.3 Å². The Morgan fingerprint density at radius 2 is 1.96 bits per heavy atom. The van der Waals surface area contributed by atoms with Gasteiger partial charge in [-0.1, -0.05) is 0 Å². The number of ether oxygens (including phenoxy) is 1. The minimum absolute atomic E-state index is 0.428. The smallest absolute Gasteiger partial charge is 0.119 e. The highest BCUT2D eigenvalue weighted by molar-refractivity contribution is 5.49. The Kier molecular flexibility index (Phi) is 5.30. The molecule has 1 aliphatic rings. The summed E-state index contributed by atoms with van der Waals surface area (Å²) in [6.07, 6.45) is 5.73. The Hall–Kier alpha value is -2.05. The van der Waals surface area contributed by atoms with Gasteiger partial charge in [-0.15, -0.1) is 0 Å². The van der Waals surface area contributed by atoms with Crippen LogP contribution in [0.3, 0.4) is 0 Å². The van der Waals surface area contributed by atoms with Crippen LogP contribution >= 0.6 is 0 Å². The number of hydrogen-bond donors (Lipinski definition) is 2. The number of hydrogen-bond acceptors (Lipinski definition) is 5. The molecule has 2 aromatic rings. The molecule has 25 heavy (non-hydrogen) atoms. The van der Waals surface area contributed by atoms with Crippen molar-refractivity contribution < 1.29 is 9.84 Å². The van der Waals surface area contributed by atoms with E-state index in [2.05, 4.69) is 27.4 Å². The zero-order valence-electron chi connectivity index (χ0n) is 15.3. The number of anilines is 1. The maximum absolute atomic E-state index is 10.7. The number of piperidine rings is 1. The fourth-order valence-electron chi connectivity index (χ4n) is 3.28. The van der Waals surface area contributed by atoms with Gasteiger partial charge in [0.05, 0.1) is 13.3 Å². The second-order valence-corrected chi connectivity index (χ2v) is 7.02. The molecule has 1 unspecified atom stereocenters. The molecule has 1 aromatic carbocycles. The van der Waals surface area contributed by atoms with Gasteiger partial charge in [-0.3, -0.25) is 4.68 Å². The van der Waals surface area contributed by atoms with E-state index >= 15 is 0 Å². The van der Waals surface area contributed by atoms with E-state index in [1.54, 1.807) is 18.0 Å². The van der Waals surface area contributed by atoms with E-state index in [0.717, 1.165) is 37.2 Å². The van der Waals surface area contributed by atoms with Crippen LogP contribution in [0.25, 0.3) is 0 Å². The van der Waals surface area contributed by atoms with Crippen molar-refractivity contribution in [2.24, 2.45) is 7.05 Å². The first-order valence-electron chi connectivity index (χ1n) is 8.82. The predicted octanol–water partition coefficient (Wildman–Crippen LogP) is 1.89. The number of rotatable bonds is 6. The topological polar surface area (TPSA) is 62.6 Å². The summed E-state index contributed by atoms with van der Waals surface area (Å²) in [5.41, 5.74) is 1.18. The van der Waals surface area contributed by atoms with Gasteiger partial charge in [0.2, 0.25) is 0 Å². The van der Waals surface area contributed by atoms with Crippen molar-refractivity contribution >= 4 is 5.69 Å². The molecule has 1 aromatic heterocycles. The number of aryl methyl sites for hydroxylation is 1. The third kappa shape index (κ3) is 4.32. The summed E-state index contributed by atoms with van der Waals surface area (Å²) in [6.45, 7) is 4.40. The lowest BCUT2D eigenvalue weighted by Crippen LogP contribution is -2.46. The number of nitrogens with one attached hydrogen (secondary N) is 1. The van der Waals surface area contributed by atoms with Crippen LogP contribution < -0.4 is 15.0 Å². The van der Waals surface area contributed by atoms with Gasteiger partial charge in [0.1, 0.15) is 11.4 Å². The maximum atomic E-state index is 10.7. The van der Waals surface area contributed by atoms with Crippen LogP contribution in [0.5, 0.6) is 5.75 Å². The molecule has 3 rings (SSSR count). The van der Waals surface area contributed by atoms with Crippen molar-refractivity contribution in [1.82, 2.24) is 15.1 Å². The first-order chi connectivity index (χ1) is 12.0. The molecule has 1 atom stereocenters. The van der Waals surface area contributed by atoms with Crippen molar-refractivity contribution in [3.8, 4) is 5.75 Å². The highest BCUT2D eigenvalue weighted by Crippen LogP contribution is 2.24. The summed E-state index contributed by atoms with van der Waals surface area (Å²) in [7, 11) is 3.55. The molecule has 1 aliphatic heterocycles. The SMILES string of the molecule is COc1ccc(N2CCC(NCC(C)(O)c3cnn(C)c3)CC2)cc1. The van der Waals surface area contributed by atoms with E-state index in [9.17, 15) is 5.11 Å². The number of aliphatic hydroxyl groups is 1. The molecule has 0 radical (unpaired) electrons. The summed E-state index contributed by atoms with van der Waals surface area (Å²) in [5, 5.41) is 18.3. The lowest BCUT2D eigenvalue weighted by atomic mass is 9.97. The molecule has 0 bridgehead atoms. The third-order valence-corrected chi connectivity index (χ3v) is 4.99. The minimum Gasteiger partial charge on any atom is -0.497 e. The van der Waals surface area contributed by atoms with Crippen molar-refractivity contribution in [2.45, 2.75) is 31.4 Å². The molecular formula is C19H28N4O2. The van der Waals surface area contributed by atoms with Gasteiger partial charge in [0, 0.05) is 50.2 Å². The van der Waals surface area contributed by atoms with E-state index in [1.165, 1.54) is 5.69 Å². The van der Waals surface area contributed by atoms with Gasteiger partial charge in [-0.05, 0) is 44.0 Å². The zero-order chi connectivity index (χ0) is 17.9. The first kappa shape index (κ1) is 17.8. The van der Waals surface area contributed by atoms with Crippen LogP contribution in [0.15, 0.2) is 36.7 Å². The Morgan fingerprint density at radius 1 is 1.28 bits per heavy atom. The number of methoxy groups -OCH3 is 1. The van der Waals surface area contributed by atoms with E-state index in [4.69, 9.17) is 4.74 Å². The maximum Gasteiger partial charge on any atom is 0.119 e. The van der Waals surface area contributed by atoms with Gasteiger partial charge in [-0.25, -0.2) is 0 Å². The summed E-state index contributed by atoms with van der Waals surface area (Å²) >= 11 is 0. The van der Waals surface area contributed by atoms with Gasteiger partial charge in [-0.2, -0.15) is 5.10 Å². The van der Waals surface area contributed by atoms with Gasteiger partial charge >= 0.3 is 0 Å². The van der Waals surface area contributed by atoms with E-state index in [0.29, 0.717) is 12.6 Å². The molecule has 0 saturated carbocycles. The molecule has 2 heterocycles. The molecule has 0 spiro atoms. The fourth-order valence-corrected chi connectivity index (χ4v) is 3.28. The van der Waals surface area contributed by atoms with Gasteiger partial charge < -0.3 is 20.1 Å². The quantitative estimate of drug-likeness (QED) is 0.838. The van der Waals surface area contributed by atoms with Crippen LogP contribution in [-0.2, 0) is 12.6 Å². The predicted molar refractivity (Wildman–Crippen MR) is 99.0 cm³/mol. The molecular weight excluding hydrogens is 316 g/mol. The molecule has 2 N–H and O–H groups in total. The van der Waals surface area contributed by atoms with Gasteiger partial charge in [0.25, 0.3) is 0 Å². The molecule has 1 fully saturated rings. The zero-order valence-corrected chi connectivity index (χ0v) is 15.3. The van der Waals surface area contributed by atoms with E-state index in [1.807, 2.05) is 32.3 Å². The average Bonchev–Trinajstić information content (AvgIpc) is 3.08. The van der Waals surface area contributed by atoms with Crippen molar-refractivity contribution in [2.75, 3.05) is 31.6 Å². The Bertz CT molecular complexity index is 673. The third-order valence-electron chi connectivity index (χ3n) is 4.99. The lowest BCUT2D eigenvalue weighted by molar-refractivity contribution is 0.0527. The van der Waals surface area contributed by atoms with Crippen LogP contribution in [0.2, 0.25) is 0 Å². The largest absolute Gasteiger partial charge is 0.497 e. The molecule has 0 amide bonds. The molecule has 136 valence electrons. The van der Waals surface area contributed by atoms with E-state index < -0.39 is 5.60 Å². The monoisotopic (exact) mass is 344 g/mol. The molecule has 0 aliphatic carbocycles. The van der Waals surface area contributed by atoms with Crippen LogP contribution in [0, 0.1) is 0 Å². The molecule has 6 heteroatoms. The number of nitrogens with zero attached hydrogens (tertiary/aromatic N) is 3. The van der Waals surface area contributed by atoms with Crippen molar-refractivity contribution in [1.29, 1.82) is 0 Å². The standard InChI is InChI=1S/C19H28N4O2/c1-19(24,15-12-21-22(2)13-15)14-20-16-8-10-23(11-9-16)17-4-6-18(25-3)7-5-17/h4-7,12-13,16,20,24H,8-11,14H2,1-3H3. The van der Waals surface area contributed by atoms with Crippen LogP contribution in [0.4, 0.5) is 5.69 Å². The Morgan fingerprint density at radius 3 is 2.52 bits per heavy atom. The van der Waals surface area contributed by atoms with Gasteiger partial charge in [0.15, 0.2) is 0 Å². The first-order valence-corrected chi connectivity index (χ1v) is 8.82. The average molecular weight is 344 g/mol. The highest BCUT2D eigenvalue weighted by Gasteiger charge is 2.27. The van der Waals surface area contributed by atoms with Crippen LogP contribution in [-0.4, -0.2) is 47.7 Å². The summed E-state index contributed by atoms with van der Waals surface area (Å²) in [6, 6.07) is 8.66. The van der Waals surface area contributed by atoms with Crippen molar-refractivity contribution in [3.63, 3.8) is 0 Å². The Balaban J connectivity index is 1.49. The van der Waals surface area contributed by atoms with E-state index in [-0.39, 0.29) is 0 Å². The summed E-state index contributed by atoms with van der Waals surface area (Å²) in [5.74, 6) is 0.887. The Labute approximate surface area is 149 Å². The van der Waals surface area contributed by atoms with Crippen molar-refractivity contribution in [3.05, 3.63) is 42.2 Å².